The van der Waals surface area contributed by atoms with Crippen molar-refractivity contribution in [2.75, 3.05) is 18.0 Å². The quantitative estimate of drug-likeness (QED) is 0.635. The Balaban J connectivity index is 0.00000256. The third-order valence-corrected chi connectivity index (χ3v) is 5.80. The maximum atomic E-state index is 13.0. The summed E-state index contributed by atoms with van der Waals surface area (Å²) in [6, 6.07) is 9.53. The molecule has 1 fully saturated rings. The minimum absolute atomic E-state index is 0. The van der Waals surface area contributed by atoms with Gasteiger partial charge in [0.15, 0.2) is 0 Å². The van der Waals surface area contributed by atoms with Crippen LogP contribution in [-0.4, -0.2) is 33.2 Å². The summed E-state index contributed by atoms with van der Waals surface area (Å²) in [5.74, 6) is 0.594. The van der Waals surface area contributed by atoms with Gasteiger partial charge in [0.2, 0.25) is 0 Å². The molecule has 0 saturated carbocycles. The Labute approximate surface area is 183 Å². The van der Waals surface area contributed by atoms with Gasteiger partial charge in [-0.25, -0.2) is 4.79 Å². The van der Waals surface area contributed by atoms with Crippen molar-refractivity contribution in [2.45, 2.75) is 25.4 Å². The first-order valence-corrected chi connectivity index (χ1v) is 9.79. The Morgan fingerprint density at radius 1 is 1.33 bits per heavy atom. The predicted molar refractivity (Wildman–Crippen MR) is 120 cm³/mol. The molecular formula is C20H22Cl2N6O2. The summed E-state index contributed by atoms with van der Waals surface area (Å²) in [6.45, 7) is 1.57. The zero-order valence-electron chi connectivity index (χ0n) is 16.4. The lowest BCUT2D eigenvalue weighted by molar-refractivity contribution is 0.498. The molecule has 3 N–H and O–H groups in total. The van der Waals surface area contributed by atoms with Gasteiger partial charge < -0.3 is 20.2 Å². The van der Waals surface area contributed by atoms with Crippen LogP contribution in [0.15, 0.2) is 33.9 Å². The van der Waals surface area contributed by atoms with Crippen LogP contribution < -0.4 is 21.9 Å². The van der Waals surface area contributed by atoms with Gasteiger partial charge in [-0.15, -0.1) is 12.4 Å². The first-order valence-electron chi connectivity index (χ1n) is 9.42. The molecule has 1 aliphatic heterocycles. The molecule has 4 rings (SSSR count). The molecule has 0 radical (unpaired) electrons. The summed E-state index contributed by atoms with van der Waals surface area (Å²) in [5, 5.41) is 10.5. The summed E-state index contributed by atoms with van der Waals surface area (Å²) >= 11 is 6.37. The van der Waals surface area contributed by atoms with E-state index in [2.05, 4.69) is 11.1 Å². The molecule has 3 heterocycles. The number of hydrogen-bond acceptors (Lipinski definition) is 5. The summed E-state index contributed by atoms with van der Waals surface area (Å²) in [5.41, 5.74) is 6.77. The molecule has 1 saturated heterocycles. The average molecular weight is 449 g/mol. The van der Waals surface area contributed by atoms with Crippen molar-refractivity contribution < 1.29 is 0 Å². The van der Waals surface area contributed by atoms with Crippen LogP contribution in [0, 0.1) is 11.3 Å². The highest BCUT2D eigenvalue weighted by atomic mass is 35.5. The van der Waals surface area contributed by atoms with Crippen molar-refractivity contribution in [1.29, 1.82) is 5.26 Å². The number of hydrogen-bond donors (Lipinski definition) is 2. The van der Waals surface area contributed by atoms with Gasteiger partial charge in [-0.3, -0.25) is 9.36 Å². The molecule has 0 spiro atoms. The third kappa shape index (κ3) is 3.60. The summed E-state index contributed by atoms with van der Waals surface area (Å²) in [6.07, 6.45) is 1.79. The lowest BCUT2D eigenvalue weighted by Gasteiger charge is -2.33. The van der Waals surface area contributed by atoms with Gasteiger partial charge in [-0.05, 0) is 24.5 Å². The molecule has 2 aromatic heterocycles. The topological polar surface area (TPSA) is 113 Å². The molecule has 0 unspecified atom stereocenters. The Morgan fingerprint density at radius 3 is 2.73 bits per heavy atom. The van der Waals surface area contributed by atoms with E-state index >= 15 is 0 Å². The number of nitriles is 1. The number of nitrogens with zero attached hydrogens (tertiary/aromatic N) is 4. The number of piperidine rings is 1. The van der Waals surface area contributed by atoms with Crippen molar-refractivity contribution in [3.8, 4) is 6.07 Å². The number of benzene rings is 1. The SMILES string of the molecule is Cl.Cn1c(=O)[nH]c2c(C#N)c(N3CCC[C@@H](N)C3)n(Cc3ccccc3Cl)c2c1=O. The van der Waals surface area contributed by atoms with Crippen molar-refractivity contribution in [1.82, 2.24) is 14.1 Å². The van der Waals surface area contributed by atoms with Gasteiger partial charge in [0.1, 0.15) is 23.0 Å². The lowest BCUT2D eigenvalue weighted by atomic mass is 10.1. The normalized spacial score (nSPS) is 16.3. The van der Waals surface area contributed by atoms with Gasteiger partial charge in [0.05, 0.1) is 12.1 Å². The van der Waals surface area contributed by atoms with Crippen LogP contribution in [0.5, 0.6) is 0 Å². The lowest BCUT2D eigenvalue weighted by Crippen LogP contribution is -2.44. The Bertz CT molecular complexity index is 1250. The van der Waals surface area contributed by atoms with Crippen molar-refractivity contribution >= 4 is 40.9 Å². The number of halogens is 2. The second-order valence-electron chi connectivity index (χ2n) is 7.35. The van der Waals surface area contributed by atoms with Crippen molar-refractivity contribution in [3.05, 3.63) is 61.3 Å². The van der Waals surface area contributed by atoms with E-state index in [1.165, 1.54) is 7.05 Å². The van der Waals surface area contributed by atoms with Crippen LogP contribution in [-0.2, 0) is 13.6 Å². The molecule has 30 heavy (non-hydrogen) atoms. The Morgan fingerprint density at radius 2 is 2.07 bits per heavy atom. The number of H-pyrrole nitrogens is 1. The fourth-order valence-corrected chi connectivity index (χ4v) is 4.18. The van der Waals surface area contributed by atoms with Gasteiger partial charge in [-0.2, -0.15) is 5.26 Å². The smallest absolute Gasteiger partial charge is 0.328 e. The summed E-state index contributed by atoms with van der Waals surface area (Å²) in [7, 11) is 1.41. The fraction of sp³-hybridized carbons (Fsp3) is 0.350. The number of aromatic nitrogens is 3. The molecule has 1 atom stereocenters. The van der Waals surface area contributed by atoms with Crippen molar-refractivity contribution in [2.24, 2.45) is 12.8 Å². The van der Waals surface area contributed by atoms with Crippen molar-refractivity contribution in [3.63, 3.8) is 0 Å². The predicted octanol–water partition coefficient (Wildman–Crippen LogP) is 1.95. The van der Waals surface area contributed by atoms with E-state index in [9.17, 15) is 14.9 Å². The van der Waals surface area contributed by atoms with Crippen LogP contribution in [0.3, 0.4) is 0 Å². The van der Waals surface area contributed by atoms with Crippen LogP contribution in [0.25, 0.3) is 11.0 Å². The molecule has 3 aromatic rings. The Kier molecular flexibility index (Phi) is 6.27. The molecule has 0 bridgehead atoms. The largest absolute Gasteiger partial charge is 0.355 e. The number of anilines is 1. The van der Waals surface area contributed by atoms with E-state index in [1.54, 1.807) is 10.6 Å². The van der Waals surface area contributed by atoms with Crippen LogP contribution in [0.1, 0.15) is 24.0 Å². The molecule has 0 amide bonds. The molecule has 8 nitrogen and oxygen atoms in total. The van der Waals surface area contributed by atoms with Gasteiger partial charge in [0.25, 0.3) is 5.56 Å². The highest BCUT2D eigenvalue weighted by molar-refractivity contribution is 6.31. The standard InChI is InChI=1S/C20H21ClN6O2.ClH/c1-25-19(28)17-16(24-20(25)29)14(9-22)18(26-8-4-6-13(23)11-26)27(17)10-12-5-2-3-7-15(12)21;/h2-3,5,7,13H,4,6,8,10-11,23H2,1H3,(H,24,29);1H/t13-;/m1./s1. The maximum Gasteiger partial charge on any atom is 0.328 e. The van der Waals surface area contributed by atoms with Gasteiger partial charge in [0, 0.05) is 31.2 Å². The monoisotopic (exact) mass is 448 g/mol. The van der Waals surface area contributed by atoms with Gasteiger partial charge >= 0.3 is 5.69 Å². The minimum Gasteiger partial charge on any atom is -0.355 e. The van der Waals surface area contributed by atoms with E-state index in [0.717, 1.165) is 23.0 Å². The number of nitrogens with one attached hydrogen (secondary N) is 1. The summed E-state index contributed by atoms with van der Waals surface area (Å²) < 4.78 is 2.80. The van der Waals surface area contributed by atoms with Crippen LogP contribution in [0.4, 0.5) is 5.82 Å². The van der Waals surface area contributed by atoms with E-state index in [-0.39, 0.29) is 35.0 Å². The van der Waals surface area contributed by atoms with E-state index in [1.807, 2.05) is 23.1 Å². The maximum absolute atomic E-state index is 13.0. The second kappa shape index (κ2) is 8.56. The number of aromatic amines is 1. The fourth-order valence-electron chi connectivity index (χ4n) is 3.98. The molecular weight excluding hydrogens is 427 g/mol. The molecule has 1 aliphatic rings. The molecule has 0 aliphatic carbocycles. The van der Waals surface area contributed by atoms with E-state index in [4.69, 9.17) is 17.3 Å². The van der Waals surface area contributed by atoms with Crippen LogP contribution >= 0.6 is 24.0 Å². The zero-order chi connectivity index (χ0) is 20.7. The molecule has 158 valence electrons. The number of rotatable bonds is 3. The van der Waals surface area contributed by atoms with Crippen LogP contribution in [0.2, 0.25) is 5.02 Å². The second-order valence-corrected chi connectivity index (χ2v) is 7.76. The zero-order valence-corrected chi connectivity index (χ0v) is 18.0. The highest BCUT2D eigenvalue weighted by Gasteiger charge is 2.28. The number of fused-ring (bicyclic) bond motifs is 1. The van der Waals surface area contributed by atoms with Gasteiger partial charge in [-0.1, -0.05) is 29.8 Å². The number of nitrogens with two attached hydrogens (primary N) is 1. The van der Waals surface area contributed by atoms with E-state index < -0.39 is 11.2 Å². The van der Waals surface area contributed by atoms with E-state index in [0.29, 0.717) is 30.5 Å². The third-order valence-electron chi connectivity index (χ3n) is 5.44. The minimum atomic E-state index is -0.559. The molecule has 10 heteroatoms. The summed E-state index contributed by atoms with van der Waals surface area (Å²) in [4.78, 5) is 30.0. The highest BCUT2D eigenvalue weighted by Crippen LogP contribution is 2.32. The first-order chi connectivity index (χ1) is 13.9. The molecule has 1 aromatic carbocycles. The Hall–Kier alpha value is -2.73. The first kappa shape index (κ1) is 22.0. The average Bonchev–Trinajstić information content (AvgIpc) is 3.01.